The number of aromatic nitrogens is 2. The Labute approximate surface area is 173 Å². The van der Waals surface area contributed by atoms with Gasteiger partial charge in [-0.05, 0) is 29.3 Å². The second-order valence-electron chi connectivity index (χ2n) is 6.87. The van der Waals surface area contributed by atoms with E-state index in [0.29, 0.717) is 18.7 Å². The van der Waals surface area contributed by atoms with Gasteiger partial charge >= 0.3 is 0 Å². The Morgan fingerprint density at radius 1 is 1.10 bits per heavy atom. The van der Waals surface area contributed by atoms with Crippen molar-refractivity contribution in [3.05, 3.63) is 84.2 Å². The van der Waals surface area contributed by atoms with Gasteiger partial charge in [-0.25, -0.2) is 0 Å². The van der Waals surface area contributed by atoms with Crippen LogP contribution >= 0.6 is 0 Å². The van der Waals surface area contributed by atoms with E-state index in [1.165, 1.54) is 0 Å². The molecule has 30 heavy (non-hydrogen) atoms. The fourth-order valence-electron chi connectivity index (χ4n) is 3.12. The third-order valence-corrected chi connectivity index (χ3v) is 4.61. The molecule has 0 fully saturated rings. The Bertz CT molecular complexity index is 1050. The van der Waals surface area contributed by atoms with Gasteiger partial charge in [0.25, 0.3) is 5.91 Å². The zero-order valence-corrected chi connectivity index (χ0v) is 16.2. The van der Waals surface area contributed by atoms with Gasteiger partial charge in [0, 0.05) is 31.0 Å². The predicted octanol–water partition coefficient (Wildman–Crippen LogP) is 2.33. The van der Waals surface area contributed by atoms with E-state index < -0.39 is 6.10 Å². The van der Waals surface area contributed by atoms with Gasteiger partial charge in [-0.3, -0.25) is 14.3 Å². The molecule has 152 valence electrons. The number of nitrogens with zero attached hydrogens (tertiary/aromatic N) is 3. The number of amides is 2. The van der Waals surface area contributed by atoms with Gasteiger partial charge in [-0.1, -0.05) is 47.6 Å². The number of hydrogen-bond acceptors (Lipinski definition) is 5. The maximum Gasteiger partial charge on any atom is 0.264 e. The number of anilines is 1. The normalized spacial score (nSPS) is 15.2. The van der Waals surface area contributed by atoms with E-state index in [-0.39, 0.29) is 18.4 Å². The van der Waals surface area contributed by atoms with Gasteiger partial charge in [0.15, 0.2) is 0 Å². The third kappa shape index (κ3) is 4.91. The molecule has 1 aromatic heterocycles. The summed E-state index contributed by atoms with van der Waals surface area (Å²) in [6.45, 7) is 0.457. The maximum absolute atomic E-state index is 12.4. The Balaban J connectivity index is 1.27. The Kier molecular flexibility index (Phi) is 5.84. The van der Waals surface area contributed by atoms with Crippen molar-refractivity contribution in [2.24, 2.45) is 5.16 Å². The van der Waals surface area contributed by atoms with Crippen LogP contribution in [0.15, 0.2) is 78.2 Å². The highest BCUT2D eigenvalue weighted by Gasteiger charge is 2.28. The Morgan fingerprint density at radius 3 is 2.77 bits per heavy atom. The Hall–Kier alpha value is -3.94. The molecule has 2 heterocycles. The summed E-state index contributed by atoms with van der Waals surface area (Å²) < 4.78 is 1.55. The summed E-state index contributed by atoms with van der Waals surface area (Å²) in [6, 6.07) is 18.7. The minimum Gasteiger partial charge on any atom is -0.382 e. The lowest BCUT2D eigenvalue weighted by Gasteiger charge is -2.11. The molecule has 4 rings (SSSR count). The smallest absolute Gasteiger partial charge is 0.264 e. The van der Waals surface area contributed by atoms with Crippen LogP contribution in [0.25, 0.3) is 0 Å². The van der Waals surface area contributed by atoms with E-state index in [1.807, 2.05) is 48.5 Å². The van der Waals surface area contributed by atoms with Crippen molar-refractivity contribution < 1.29 is 14.4 Å². The van der Waals surface area contributed by atoms with E-state index in [4.69, 9.17) is 4.84 Å². The van der Waals surface area contributed by atoms with Crippen LogP contribution in [0.3, 0.4) is 0 Å². The number of rotatable bonds is 7. The predicted molar refractivity (Wildman–Crippen MR) is 112 cm³/mol. The maximum atomic E-state index is 12.4. The summed E-state index contributed by atoms with van der Waals surface area (Å²) in [6.07, 6.45) is 3.14. The van der Waals surface area contributed by atoms with Gasteiger partial charge in [-0.15, -0.1) is 0 Å². The van der Waals surface area contributed by atoms with Gasteiger partial charge in [0.2, 0.25) is 12.0 Å². The molecule has 1 aliphatic heterocycles. The zero-order valence-electron chi connectivity index (χ0n) is 16.2. The molecule has 1 unspecified atom stereocenters. The first kappa shape index (κ1) is 19.4. The number of carbonyl (C=O) groups is 2. The van der Waals surface area contributed by atoms with Crippen molar-refractivity contribution in [3.63, 3.8) is 0 Å². The van der Waals surface area contributed by atoms with Crippen LogP contribution in [-0.4, -0.2) is 33.4 Å². The number of benzene rings is 2. The van der Waals surface area contributed by atoms with E-state index in [1.54, 1.807) is 29.2 Å². The van der Waals surface area contributed by atoms with Crippen LogP contribution in [0.5, 0.6) is 0 Å². The lowest BCUT2D eigenvalue weighted by molar-refractivity contribution is -0.131. The molecule has 8 heteroatoms. The molecule has 8 nitrogen and oxygen atoms in total. The number of oxime groups is 1. The van der Waals surface area contributed by atoms with E-state index in [2.05, 4.69) is 20.9 Å². The molecule has 0 aliphatic carbocycles. The molecule has 0 saturated carbocycles. The van der Waals surface area contributed by atoms with Crippen LogP contribution < -0.4 is 10.6 Å². The SMILES string of the molecule is O=C(Cn1cccn1)Nc1cccc(CNC(=O)C2CC(c3ccccc3)=NO2)c1. The zero-order chi connectivity index (χ0) is 20.8. The van der Waals surface area contributed by atoms with E-state index in [0.717, 1.165) is 16.8 Å². The van der Waals surface area contributed by atoms with E-state index in [9.17, 15) is 9.59 Å². The van der Waals surface area contributed by atoms with E-state index >= 15 is 0 Å². The van der Waals surface area contributed by atoms with Gasteiger partial charge in [0.1, 0.15) is 6.54 Å². The van der Waals surface area contributed by atoms with Crippen LogP contribution in [-0.2, 0) is 27.5 Å². The first-order chi connectivity index (χ1) is 14.7. The monoisotopic (exact) mass is 403 g/mol. The third-order valence-electron chi connectivity index (χ3n) is 4.61. The van der Waals surface area contributed by atoms with Crippen molar-refractivity contribution >= 4 is 23.2 Å². The van der Waals surface area contributed by atoms with Crippen molar-refractivity contribution in [1.29, 1.82) is 0 Å². The molecule has 0 saturated heterocycles. The first-order valence-electron chi connectivity index (χ1n) is 9.59. The number of hydrogen-bond donors (Lipinski definition) is 2. The lowest BCUT2D eigenvalue weighted by atomic mass is 10.0. The quantitative estimate of drug-likeness (QED) is 0.633. The van der Waals surface area contributed by atoms with Gasteiger partial charge in [-0.2, -0.15) is 5.10 Å². The van der Waals surface area contributed by atoms with Crippen LogP contribution in [0.4, 0.5) is 5.69 Å². The molecule has 0 spiro atoms. The van der Waals surface area contributed by atoms with Crippen molar-refractivity contribution in [1.82, 2.24) is 15.1 Å². The van der Waals surface area contributed by atoms with Gasteiger partial charge in [0.05, 0.1) is 5.71 Å². The molecule has 1 aliphatic rings. The summed E-state index contributed by atoms with van der Waals surface area (Å²) in [4.78, 5) is 29.9. The van der Waals surface area contributed by atoms with Crippen LogP contribution in [0.1, 0.15) is 17.5 Å². The molecule has 0 bridgehead atoms. The minimum atomic E-state index is -0.642. The fourth-order valence-corrected chi connectivity index (χ4v) is 3.12. The standard InChI is InChI=1S/C22H21N5O3/c28-21(15-27-11-5-10-24-27)25-18-9-4-6-16(12-18)14-23-22(29)20-13-19(26-30-20)17-7-2-1-3-8-17/h1-12,20H,13-15H2,(H,23,29)(H,25,28). The molecule has 0 radical (unpaired) electrons. The van der Waals surface area contributed by atoms with Crippen molar-refractivity contribution in [3.8, 4) is 0 Å². The second-order valence-corrected chi connectivity index (χ2v) is 6.87. The summed E-state index contributed by atoms with van der Waals surface area (Å²) >= 11 is 0. The highest BCUT2D eigenvalue weighted by molar-refractivity contribution is 6.04. The molecule has 2 amide bonds. The molecular formula is C22H21N5O3. The lowest BCUT2D eigenvalue weighted by Crippen LogP contribution is -2.34. The minimum absolute atomic E-state index is 0.136. The largest absolute Gasteiger partial charge is 0.382 e. The average molecular weight is 403 g/mol. The van der Waals surface area contributed by atoms with Crippen LogP contribution in [0, 0.1) is 0 Å². The molecule has 2 N–H and O–H groups in total. The molecular weight excluding hydrogens is 382 g/mol. The average Bonchev–Trinajstić information content (AvgIpc) is 3.45. The summed E-state index contributed by atoms with van der Waals surface area (Å²) in [7, 11) is 0. The summed E-state index contributed by atoms with van der Waals surface area (Å²) in [5.41, 5.74) is 3.23. The van der Waals surface area contributed by atoms with Gasteiger partial charge < -0.3 is 15.5 Å². The molecule has 1 atom stereocenters. The molecule has 3 aromatic rings. The summed E-state index contributed by atoms with van der Waals surface area (Å²) in [5.74, 6) is -0.400. The van der Waals surface area contributed by atoms with Crippen molar-refractivity contribution in [2.75, 3.05) is 5.32 Å². The van der Waals surface area contributed by atoms with Crippen LogP contribution in [0.2, 0.25) is 0 Å². The highest BCUT2D eigenvalue weighted by Crippen LogP contribution is 2.17. The summed E-state index contributed by atoms with van der Waals surface area (Å²) in [5, 5.41) is 13.8. The first-order valence-corrected chi connectivity index (χ1v) is 9.59. The second kappa shape index (κ2) is 9.04. The fraction of sp³-hybridized carbons (Fsp3) is 0.182. The number of carbonyl (C=O) groups excluding carboxylic acids is 2. The Morgan fingerprint density at radius 2 is 1.97 bits per heavy atom. The highest BCUT2D eigenvalue weighted by atomic mass is 16.6. The topological polar surface area (TPSA) is 97.6 Å². The molecule has 2 aromatic carbocycles. The van der Waals surface area contributed by atoms with Crippen molar-refractivity contribution in [2.45, 2.75) is 25.6 Å². The number of nitrogens with one attached hydrogen (secondary N) is 2.